The first-order valence-electron chi connectivity index (χ1n) is 20.4. The molecular formula is C42H62BN9O8. The van der Waals surface area contributed by atoms with E-state index in [-0.39, 0.29) is 25.0 Å². The number of aromatic hydroxyl groups is 1. The zero-order chi connectivity index (χ0) is 44.2. The highest BCUT2D eigenvalue weighted by atomic mass is 16.4. The molecule has 0 heterocycles. The molecule has 3 aromatic carbocycles. The number of nitrogens with two attached hydrogens (primary N) is 4. The Morgan fingerprint density at radius 3 is 1.77 bits per heavy atom. The monoisotopic (exact) mass is 831 g/mol. The smallest absolute Gasteiger partial charge is 0.490 e. The molecule has 3 aromatic rings. The molecule has 5 atom stereocenters. The second-order valence-electron chi connectivity index (χ2n) is 14.8. The van der Waals surface area contributed by atoms with E-state index < -0.39 is 67.0 Å². The number of hydrogen-bond acceptors (Lipinski definition) is 12. The molecule has 0 aliphatic carbocycles. The molecule has 0 saturated carbocycles. The number of nitrogens with zero attached hydrogens (tertiary/aromatic N) is 1. The van der Waals surface area contributed by atoms with Crippen LogP contribution in [0, 0.1) is 0 Å². The van der Waals surface area contributed by atoms with Gasteiger partial charge in [0, 0.05) is 19.0 Å². The number of unbranched alkanes of at least 4 members (excludes halogenated alkanes) is 3. The molecule has 0 aliphatic heterocycles. The van der Waals surface area contributed by atoms with Crippen molar-refractivity contribution in [3.05, 3.63) is 89.5 Å². The lowest BCUT2D eigenvalue weighted by Gasteiger charge is -2.32. The van der Waals surface area contributed by atoms with E-state index in [4.69, 9.17) is 22.9 Å². The molecule has 0 radical (unpaired) electrons. The van der Waals surface area contributed by atoms with Crippen molar-refractivity contribution in [3.8, 4) is 16.9 Å². The second kappa shape index (κ2) is 25.3. The lowest BCUT2D eigenvalue weighted by atomic mass is 9.86. The molecule has 60 heavy (non-hydrogen) atoms. The average Bonchev–Trinajstić information content (AvgIpc) is 3.24. The van der Waals surface area contributed by atoms with E-state index in [9.17, 15) is 39.1 Å². The molecule has 0 unspecified atom stereocenters. The summed E-state index contributed by atoms with van der Waals surface area (Å²) in [5, 5.41) is 38.5. The number of rotatable bonds is 25. The molecule has 15 N–H and O–H groups in total. The van der Waals surface area contributed by atoms with E-state index in [0.717, 1.165) is 30.4 Å². The van der Waals surface area contributed by atoms with Crippen LogP contribution in [-0.4, -0.2) is 107 Å². The number of benzene rings is 3. The van der Waals surface area contributed by atoms with Gasteiger partial charge in [-0.2, -0.15) is 0 Å². The molecule has 3 rings (SSSR count). The fraction of sp³-hybridized carbons (Fsp3) is 0.452. The number of likely N-dealkylation sites (N-methyl/N-ethyl adjacent to an activating group) is 1. The summed E-state index contributed by atoms with van der Waals surface area (Å²) in [6.45, 7) is 2.84. The summed E-state index contributed by atoms with van der Waals surface area (Å²) in [6.07, 6.45) is 3.79. The van der Waals surface area contributed by atoms with Crippen molar-refractivity contribution in [3.63, 3.8) is 0 Å². The van der Waals surface area contributed by atoms with Gasteiger partial charge in [0.05, 0.1) is 0 Å². The minimum atomic E-state index is -2.06. The molecular weight excluding hydrogens is 769 g/mol. The standard InChI is InChI=1S/C42H62BN9O8/c1-3-4-9-27-12-16-29(17-13-27)30-18-20-31(21-19-30)37(54)49-34(11-6-8-25-45)41(58)52(2)35(26-28-14-22-32(53)23-15-28)39(56)50-36(46)40(57)48-33(10-5-7-24-44)38(55)51-42(47)43(59)60/h12-23,33-36,42,53,59-60H,3-11,24-26,44-47H2,1-2H3,(H,48,57)(H,49,54)(H,50,56)(H,51,55)/t33-,34-,35-,36+,42+/m0/s1. The third-order valence-corrected chi connectivity index (χ3v) is 10.1. The van der Waals surface area contributed by atoms with Gasteiger partial charge in [-0.3, -0.25) is 24.0 Å². The molecule has 0 aliphatic rings. The van der Waals surface area contributed by atoms with E-state index in [0.29, 0.717) is 49.9 Å². The Bertz CT molecular complexity index is 1820. The largest absolute Gasteiger partial charge is 0.508 e. The van der Waals surface area contributed by atoms with Gasteiger partial charge >= 0.3 is 7.12 Å². The van der Waals surface area contributed by atoms with Crippen molar-refractivity contribution in [2.75, 3.05) is 20.1 Å². The molecule has 18 heteroatoms. The number of phenolic OH excluding ortho intramolecular Hbond substituents is 1. The minimum absolute atomic E-state index is 0.0154. The molecule has 0 aromatic heterocycles. The number of phenols is 1. The van der Waals surface area contributed by atoms with Gasteiger partial charge in [0.1, 0.15) is 29.9 Å². The lowest BCUT2D eigenvalue weighted by molar-refractivity contribution is -0.141. The summed E-state index contributed by atoms with van der Waals surface area (Å²) >= 11 is 0. The average molecular weight is 832 g/mol. The van der Waals surface area contributed by atoms with Gasteiger partial charge in [-0.15, -0.1) is 0 Å². The normalized spacial score (nSPS) is 13.5. The number of carbonyl (C=O) groups excluding carboxylic acids is 5. The maximum atomic E-state index is 14.3. The molecule has 0 fully saturated rings. The maximum Gasteiger partial charge on any atom is 0.490 e. The summed E-state index contributed by atoms with van der Waals surface area (Å²) in [6, 6.07) is 16.3. The van der Waals surface area contributed by atoms with Crippen LogP contribution in [0.15, 0.2) is 72.8 Å². The third kappa shape index (κ3) is 15.7. The van der Waals surface area contributed by atoms with E-state index in [1.165, 1.54) is 29.6 Å². The quantitative estimate of drug-likeness (QED) is 0.0309. The zero-order valence-corrected chi connectivity index (χ0v) is 34.5. The van der Waals surface area contributed by atoms with Crippen molar-refractivity contribution >= 4 is 36.7 Å². The zero-order valence-electron chi connectivity index (χ0n) is 34.5. The number of carbonyl (C=O) groups is 5. The van der Waals surface area contributed by atoms with Gasteiger partial charge in [-0.1, -0.05) is 61.9 Å². The first-order valence-corrected chi connectivity index (χ1v) is 20.4. The summed E-state index contributed by atoms with van der Waals surface area (Å²) in [5.41, 5.74) is 27.1. The minimum Gasteiger partial charge on any atom is -0.508 e. The van der Waals surface area contributed by atoms with Crippen molar-refractivity contribution in [2.45, 2.75) is 101 Å². The van der Waals surface area contributed by atoms with Crippen LogP contribution < -0.4 is 44.2 Å². The van der Waals surface area contributed by atoms with Crippen LogP contribution >= 0.6 is 0 Å². The van der Waals surface area contributed by atoms with Gasteiger partial charge < -0.3 is 64.3 Å². The Hall–Kier alpha value is -5.37. The van der Waals surface area contributed by atoms with Crippen LogP contribution in [-0.2, 0) is 32.0 Å². The number of aryl methyl sites for hydroxylation is 1. The highest BCUT2D eigenvalue weighted by Gasteiger charge is 2.35. The van der Waals surface area contributed by atoms with Crippen LogP contribution in [0.25, 0.3) is 11.1 Å². The second-order valence-corrected chi connectivity index (χ2v) is 14.8. The van der Waals surface area contributed by atoms with Crippen LogP contribution in [0.2, 0.25) is 0 Å². The Kier molecular flexibility index (Phi) is 20.7. The van der Waals surface area contributed by atoms with Crippen molar-refractivity contribution in [2.24, 2.45) is 22.9 Å². The van der Waals surface area contributed by atoms with Crippen molar-refractivity contribution < 1.29 is 39.1 Å². The SMILES string of the molecule is CCCCc1ccc(-c2ccc(C(=O)N[C@@H](CCCCN)C(=O)N(C)[C@@H](Cc3ccc(O)cc3)C(=O)N[C@@H](N)C(=O)N[C@@H](CCCCN)C(=O)N[C@@H](N)B(O)O)cc2)cc1. The Labute approximate surface area is 352 Å². The summed E-state index contributed by atoms with van der Waals surface area (Å²) < 4.78 is 0. The Morgan fingerprint density at radius 2 is 1.22 bits per heavy atom. The van der Waals surface area contributed by atoms with E-state index >= 15 is 0 Å². The first kappa shape index (κ1) is 49.0. The van der Waals surface area contributed by atoms with Crippen LogP contribution in [0.5, 0.6) is 5.75 Å². The predicted octanol–water partition coefficient (Wildman–Crippen LogP) is 0.127. The summed E-state index contributed by atoms with van der Waals surface area (Å²) in [5.74, 6) is -3.68. The Balaban J connectivity index is 1.82. The van der Waals surface area contributed by atoms with Gasteiger partial charge in [0.15, 0.2) is 6.17 Å². The van der Waals surface area contributed by atoms with Crippen molar-refractivity contribution in [1.29, 1.82) is 0 Å². The molecule has 0 bridgehead atoms. The van der Waals surface area contributed by atoms with Gasteiger partial charge in [-0.05, 0) is 111 Å². The maximum absolute atomic E-state index is 14.3. The molecule has 0 spiro atoms. The van der Waals surface area contributed by atoms with Gasteiger partial charge in [0.25, 0.3) is 11.8 Å². The number of hydrogen-bond donors (Lipinski definition) is 11. The molecule has 17 nitrogen and oxygen atoms in total. The van der Waals surface area contributed by atoms with Crippen LogP contribution in [0.3, 0.4) is 0 Å². The number of nitrogens with one attached hydrogen (secondary N) is 4. The molecule has 5 amide bonds. The summed E-state index contributed by atoms with van der Waals surface area (Å²) in [4.78, 5) is 69.2. The highest BCUT2D eigenvalue weighted by Crippen LogP contribution is 2.22. The lowest BCUT2D eigenvalue weighted by Crippen LogP contribution is -2.62. The van der Waals surface area contributed by atoms with Crippen LogP contribution in [0.4, 0.5) is 0 Å². The fourth-order valence-electron chi connectivity index (χ4n) is 6.39. The fourth-order valence-corrected chi connectivity index (χ4v) is 6.39. The Morgan fingerprint density at radius 1 is 0.667 bits per heavy atom. The van der Waals surface area contributed by atoms with Gasteiger partial charge in [0.2, 0.25) is 17.7 Å². The van der Waals surface area contributed by atoms with Crippen molar-refractivity contribution in [1.82, 2.24) is 26.2 Å². The van der Waals surface area contributed by atoms with E-state index in [1.54, 1.807) is 24.3 Å². The first-order chi connectivity index (χ1) is 28.7. The predicted molar refractivity (Wildman–Crippen MR) is 230 cm³/mol. The van der Waals surface area contributed by atoms with E-state index in [2.05, 4.69) is 52.5 Å². The molecule has 0 saturated heterocycles. The van der Waals surface area contributed by atoms with Gasteiger partial charge in [-0.25, -0.2) is 0 Å². The number of amides is 5. The highest BCUT2D eigenvalue weighted by molar-refractivity contribution is 6.43. The topological polar surface area (TPSA) is 301 Å². The van der Waals surface area contributed by atoms with E-state index in [1.807, 2.05) is 12.1 Å². The third-order valence-electron chi connectivity index (χ3n) is 10.1. The molecule has 326 valence electrons. The van der Waals surface area contributed by atoms with Crippen LogP contribution in [0.1, 0.15) is 79.8 Å². The summed E-state index contributed by atoms with van der Waals surface area (Å²) in [7, 11) is -0.662.